The lowest BCUT2D eigenvalue weighted by Crippen LogP contribution is -2.31. The zero-order valence-electron chi connectivity index (χ0n) is 24.4. The van der Waals surface area contributed by atoms with Crippen molar-refractivity contribution in [1.82, 2.24) is 9.78 Å². The van der Waals surface area contributed by atoms with Crippen molar-refractivity contribution in [2.45, 2.75) is 89.5 Å². The van der Waals surface area contributed by atoms with Crippen molar-refractivity contribution in [2.75, 3.05) is 4.72 Å². The molecule has 0 aliphatic rings. The van der Waals surface area contributed by atoms with Gasteiger partial charge >= 0.3 is 0 Å². The molecular formula is C34H43N3O2S. The second-order valence-electron chi connectivity index (χ2n) is 11.0. The van der Waals surface area contributed by atoms with E-state index in [9.17, 15) is 8.42 Å². The van der Waals surface area contributed by atoms with Gasteiger partial charge in [-0.1, -0.05) is 112 Å². The first kappa shape index (κ1) is 29.6. The lowest BCUT2D eigenvalue weighted by atomic mass is 9.94. The molecule has 4 rings (SSSR count). The van der Waals surface area contributed by atoms with Crippen LogP contribution in [0.3, 0.4) is 0 Å². The highest BCUT2D eigenvalue weighted by molar-refractivity contribution is 7.92. The SMILES string of the molecule is CCCCCCc1ccc(-c2c(CCCC)nn(C(C)(C)c3ccccc3)c2NS(=O)(=O)c2ccccc2)cc1. The van der Waals surface area contributed by atoms with Gasteiger partial charge in [0.15, 0.2) is 0 Å². The summed E-state index contributed by atoms with van der Waals surface area (Å²) in [4.78, 5) is 0.226. The Balaban J connectivity index is 1.85. The largest absolute Gasteiger partial charge is 0.263 e. The molecule has 1 heterocycles. The standard InChI is InChI=1S/C34H43N3O2S/c1-5-7-9-12-17-27-23-25-28(26-24-27)32-31(22-8-6-2)35-37(34(3,4)29-18-13-10-14-19-29)33(32)36-40(38,39)30-20-15-11-16-21-30/h10-11,13-16,18-21,23-26,36H,5-9,12,17,22H2,1-4H3. The fourth-order valence-corrected chi connectivity index (χ4v) is 6.21. The number of hydrogen-bond acceptors (Lipinski definition) is 3. The molecule has 0 amide bonds. The van der Waals surface area contributed by atoms with Crippen molar-refractivity contribution in [3.05, 3.63) is 102 Å². The summed E-state index contributed by atoms with van der Waals surface area (Å²) >= 11 is 0. The second kappa shape index (κ2) is 13.3. The Labute approximate surface area is 240 Å². The Hall–Kier alpha value is -3.38. The van der Waals surface area contributed by atoms with Crippen LogP contribution in [-0.2, 0) is 28.4 Å². The summed E-state index contributed by atoms with van der Waals surface area (Å²) < 4.78 is 32.3. The van der Waals surface area contributed by atoms with Crippen LogP contribution in [0.5, 0.6) is 0 Å². The first-order valence-electron chi connectivity index (χ1n) is 14.6. The topological polar surface area (TPSA) is 64.0 Å². The van der Waals surface area contributed by atoms with Crippen molar-refractivity contribution < 1.29 is 8.42 Å². The molecule has 0 radical (unpaired) electrons. The zero-order valence-corrected chi connectivity index (χ0v) is 25.2. The minimum Gasteiger partial charge on any atom is -0.263 e. The molecule has 1 N–H and O–H groups in total. The summed E-state index contributed by atoms with van der Waals surface area (Å²) in [5.74, 6) is 0.500. The number of anilines is 1. The summed E-state index contributed by atoms with van der Waals surface area (Å²) in [6.07, 6.45) is 8.72. The molecule has 212 valence electrons. The molecule has 0 unspecified atom stereocenters. The molecule has 4 aromatic rings. The van der Waals surface area contributed by atoms with E-state index < -0.39 is 15.6 Å². The highest BCUT2D eigenvalue weighted by Crippen LogP contribution is 2.39. The second-order valence-corrected chi connectivity index (χ2v) is 12.7. The molecule has 3 aromatic carbocycles. The fraction of sp³-hybridized carbons (Fsp3) is 0.382. The number of sulfonamides is 1. The molecule has 5 nitrogen and oxygen atoms in total. The monoisotopic (exact) mass is 557 g/mol. The smallest absolute Gasteiger partial charge is 0.263 e. The summed E-state index contributed by atoms with van der Waals surface area (Å²) in [5.41, 5.74) is 4.49. The fourth-order valence-electron chi connectivity index (χ4n) is 5.13. The Bertz CT molecular complexity index is 1460. The zero-order chi connectivity index (χ0) is 28.6. The molecule has 0 bridgehead atoms. The van der Waals surface area contributed by atoms with E-state index in [1.807, 2.05) is 28.9 Å². The van der Waals surface area contributed by atoms with Crippen LogP contribution in [0.4, 0.5) is 5.82 Å². The van der Waals surface area contributed by atoms with Gasteiger partial charge in [-0.3, -0.25) is 4.72 Å². The van der Waals surface area contributed by atoms with Crippen LogP contribution in [0.1, 0.15) is 83.0 Å². The number of hydrogen-bond donors (Lipinski definition) is 1. The third kappa shape index (κ3) is 6.84. The average molecular weight is 558 g/mol. The van der Waals surface area contributed by atoms with Crippen molar-refractivity contribution >= 4 is 15.8 Å². The molecule has 0 saturated carbocycles. The number of rotatable bonds is 14. The van der Waals surface area contributed by atoms with E-state index in [0.717, 1.165) is 48.1 Å². The van der Waals surface area contributed by atoms with Crippen molar-refractivity contribution in [3.8, 4) is 11.1 Å². The van der Waals surface area contributed by atoms with Gasteiger partial charge in [0.1, 0.15) is 5.82 Å². The molecule has 1 aromatic heterocycles. The molecule has 0 aliphatic carbocycles. The van der Waals surface area contributed by atoms with Gasteiger partial charge in [-0.2, -0.15) is 5.10 Å². The summed E-state index contributed by atoms with van der Waals surface area (Å²) in [5, 5.41) is 5.13. The van der Waals surface area contributed by atoms with E-state index >= 15 is 0 Å². The van der Waals surface area contributed by atoms with Gasteiger partial charge < -0.3 is 0 Å². The van der Waals surface area contributed by atoms with Crippen molar-refractivity contribution in [1.29, 1.82) is 0 Å². The number of nitrogens with zero attached hydrogens (tertiary/aromatic N) is 2. The van der Waals surface area contributed by atoms with E-state index in [2.05, 4.69) is 68.8 Å². The highest BCUT2D eigenvalue weighted by Gasteiger charge is 2.32. The third-order valence-electron chi connectivity index (χ3n) is 7.58. The molecular weight excluding hydrogens is 514 g/mol. The normalized spacial score (nSPS) is 12.0. The summed E-state index contributed by atoms with van der Waals surface area (Å²) in [6.45, 7) is 8.57. The quantitative estimate of drug-likeness (QED) is 0.158. The number of aromatic nitrogens is 2. The first-order chi connectivity index (χ1) is 19.3. The number of unbranched alkanes of at least 4 members (excludes halogenated alkanes) is 4. The van der Waals surface area contributed by atoms with E-state index in [-0.39, 0.29) is 4.90 Å². The van der Waals surface area contributed by atoms with Gasteiger partial charge in [-0.05, 0) is 68.4 Å². The first-order valence-corrected chi connectivity index (χ1v) is 16.1. The predicted molar refractivity (Wildman–Crippen MR) is 166 cm³/mol. The van der Waals surface area contributed by atoms with Gasteiger partial charge in [0.25, 0.3) is 10.0 Å². The number of nitrogens with one attached hydrogen (secondary N) is 1. The Morgan fingerprint density at radius 1 is 0.750 bits per heavy atom. The van der Waals surface area contributed by atoms with Crippen LogP contribution in [0.15, 0.2) is 89.8 Å². The average Bonchev–Trinajstić information content (AvgIpc) is 3.33. The van der Waals surface area contributed by atoms with Gasteiger partial charge in [0, 0.05) is 5.56 Å². The number of aryl methyl sites for hydroxylation is 2. The van der Waals surface area contributed by atoms with Crippen molar-refractivity contribution in [2.24, 2.45) is 0 Å². The highest BCUT2D eigenvalue weighted by atomic mass is 32.2. The van der Waals surface area contributed by atoms with Crippen molar-refractivity contribution in [3.63, 3.8) is 0 Å². The van der Waals surface area contributed by atoms with Crippen LogP contribution in [0.2, 0.25) is 0 Å². The molecule has 0 fully saturated rings. The van der Waals surface area contributed by atoms with Crippen LogP contribution in [0, 0.1) is 0 Å². The van der Waals surface area contributed by atoms with Gasteiger partial charge in [0.05, 0.1) is 16.1 Å². The van der Waals surface area contributed by atoms with Gasteiger partial charge in [-0.25, -0.2) is 13.1 Å². The van der Waals surface area contributed by atoms with Crippen LogP contribution < -0.4 is 4.72 Å². The molecule has 40 heavy (non-hydrogen) atoms. The summed E-state index contributed by atoms with van der Waals surface area (Å²) in [6, 6.07) is 27.3. The van der Waals surface area contributed by atoms with E-state index in [1.54, 1.807) is 24.3 Å². The molecule has 0 aliphatic heterocycles. The third-order valence-corrected chi connectivity index (χ3v) is 8.94. The van der Waals surface area contributed by atoms with Gasteiger partial charge in [0.2, 0.25) is 0 Å². The molecule has 6 heteroatoms. The Kier molecular flexibility index (Phi) is 9.85. The Morgan fingerprint density at radius 2 is 1.38 bits per heavy atom. The maximum Gasteiger partial charge on any atom is 0.263 e. The van der Waals surface area contributed by atoms with Crippen LogP contribution in [0.25, 0.3) is 11.1 Å². The lowest BCUT2D eigenvalue weighted by Gasteiger charge is -2.28. The molecule has 0 spiro atoms. The Morgan fingerprint density at radius 3 is 2.00 bits per heavy atom. The minimum absolute atomic E-state index is 0.226. The van der Waals surface area contributed by atoms with Gasteiger partial charge in [-0.15, -0.1) is 0 Å². The predicted octanol–water partition coefficient (Wildman–Crippen LogP) is 8.60. The van der Waals surface area contributed by atoms with E-state index in [1.165, 1.54) is 31.2 Å². The van der Waals surface area contributed by atoms with E-state index in [0.29, 0.717) is 5.82 Å². The number of benzene rings is 3. The van der Waals surface area contributed by atoms with E-state index in [4.69, 9.17) is 5.10 Å². The van der Waals surface area contributed by atoms with Crippen LogP contribution >= 0.6 is 0 Å². The molecule has 0 saturated heterocycles. The lowest BCUT2D eigenvalue weighted by molar-refractivity contribution is 0.393. The summed E-state index contributed by atoms with van der Waals surface area (Å²) in [7, 11) is -3.85. The molecule has 0 atom stereocenters. The minimum atomic E-state index is -3.85. The maximum atomic E-state index is 13.7. The maximum absolute atomic E-state index is 13.7. The van der Waals surface area contributed by atoms with Crippen LogP contribution in [-0.4, -0.2) is 18.2 Å².